The topological polar surface area (TPSA) is 70.5 Å². The molecule has 0 bridgehead atoms. The third kappa shape index (κ3) is 2.69. The lowest BCUT2D eigenvalue weighted by molar-refractivity contribution is -0.0893. The summed E-state index contributed by atoms with van der Waals surface area (Å²) in [5.41, 5.74) is 0.527. The van der Waals surface area contributed by atoms with Gasteiger partial charge in [-0.15, -0.1) is 0 Å². The van der Waals surface area contributed by atoms with E-state index in [1.165, 1.54) is 0 Å². The average Bonchev–Trinajstić information content (AvgIpc) is 2.77. The van der Waals surface area contributed by atoms with Gasteiger partial charge >= 0.3 is 7.48 Å². The van der Waals surface area contributed by atoms with Crippen molar-refractivity contribution in [2.45, 2.75) is 38.9 Å². The molecular weight excluding hydrogens is 253 g/mol. The van der Waals surface area contributed by atoms with Crippen LogP contribution in [0.25, 0.3) is 5.65 Å². The summed E-state index contributed by atoms with van der Waals surface area (Å²) in [5.74, 6) is 0. The van der Waals surface area contributed by atoms with E-state index in [0.717, 1.165) is 11.1 Å². The molecule has 0 aliphatic rings. The van der Waals surface area contributed by atoms with Gasteiger partial charge in [0.1, 0.15) is 17.4 Å². The molecule has 2 rings (SSSR count). The molecule has 5 nitrogen and oxygen atoms in total. The van der Waals surface area contributed by atoms with Gasteiger partial charge in [-0.2, -0.15) is 5.26 Å². The van der Waals surface area contributed by atoms with Gasteiger partial charge in [-0.1, -0.05) is 6.07 Å². The van der Waals surface area contributed by atoms with Gasteiger partial charge in [0.05, 0.1) is 17.4 Å². The van der Waals surface area contributed by atoms with Crippen LogP contribution in [0.1, 0.15) is 33.4 Å². The molecule has 104 valence electrons. The van der Waals surface area contributed by atoms with Crippen LogP contribution in [0.2, 0.25) is 0 Å². The van der Waals surface area contributed by atoms with Crippen molar-refractivity contribution in [2.24, 2.45) is 0 Å². The largest absolute Gasteiger partial charge is 0.427 e. The van der Waals surface area contributed by atoms with Crippen LogP contribution in [0.5, 0.6) is 0 Å². The fourth-order valence-corrected chi connectivity index (χ4v) is 1.63. The van der Waals surface area contributed by atoms with E-state index in [4.69, 9.17) is 9.92 Å². The maximum atomic E-state index is 10.1. The van der Waals surface area contributed by atoms with E-state index in [0.29, 0.717) is 13.2 Å². The molecule has 6 heteroatoms. The zero-order chi connectivity index (χ0) is 15.0. The standard InChI is InChI=1S/C14H18BN3O2/c1-13(2,19)14(3,4)20-15-10-5-6-12-17-8-11(7-16)18(12)9-10/h5-6,8-9,15,19H,1-4H3. The van der Waals surface area contributed by atoms with Gasteiger partial charge in [0.2, 0.25) is 0 Å². The fraction of sp³-hybridized carbons (Fsp3) is 0.429. The number of rotatable bonds is 4. The van der Waals surface area contributed by atoms with Gasteiger partial charge in [0, 0.05) is 6.20 Å². The summed E-state index contributed by atoms with van der Waals surface area (Å²) in [6.07, 6.45) is 3.38. The van der Waals surface area contributed by atoms with Crippen molar-refractivity contribution in [1.82, 2.24) is 9.38 Å². The van der Waals surface area contributed by atoms with Crippen LogP contribution in [-0.4, -0.2) is 33.2 Å². The summed E-state index contributed by atoms with van der Waals surface area (Å²) in [6.45, 7) is 7.15. The van der Waals surface area contributed by atoms with E-state index < -0.39 is 11.2 Å². The number of pyridine rings is 1. The summed E-state index contributed by atoms with van der Waals surface area (Å²) in [5, 5.41) is 19.1. The van der Waals surface area contributed by atoms with E-state index in [-0.39, 0.29) is 0 Å². The lowest BCUT2D eigenvalue weighted by Crippen LogP contribution is -2.49. The summed E-state index contributed by atoms with van der Waals surface area (Å²) in [6, 6.07) is 5.84. The van der Waals surface area contributed by atoms with E-state index in [9.17, 15) is 5.11 Å². The molecule has 0 unspecified atom stereocenters. The molecule has 2 heterocycles. The second-order valence-corrected chi connectivity index (χ2v) is 5.88. The van der Waals surface area contributed by atoms with Crippen LogP contribution in [0.3, 0.4) is 0 Å². The molecule has 0 spiro atoms. The number of hydrogen-bond acceptors (Lipinski definition) is 4. The van der Waals surface area contributed by atoms with Gasteiger partial charge < -0.3 is 9.76 Å². The van der Waals surface area contributed by atoms with E-state index in [2.05, 4.69) is 11.1 Å². The minimum absolute atomic E-state index is 0.357. The molecule has 0 aliphatic carbocycles. The minimum Gasteiger partial charge on any atom is -0.427 e. The molecule has 0 aromatic carbocycles. The molecule has 20 heavy (non-hydrogen) atoms. The highest BCUT2D eigenvalue weighted by Crippen LogP contribution is 2.24. The third-order valence-corrected chi connectivity index (χ3v) is 3.75. The van der Waals surface area contributed by atoms with Gasteiger partial charge in [-0.25, -0.2) is 4.98 Å². The molecule has 2 aromatic heterocycles. The Morgan fingerprint density at radius 1 is 1.35 bits per heavy atom. The molecule has 2 aromatic rings. The molecule has 0 atom stereocenters. The first-order valence-corrected chi connectivity index (χ1v) is 6.47. The lowest BCUT2D eigenvalue weighted by atomic mass is 9.83. The number of aliphatic hydroxyl groups is 1. The number of aromatic nitrogens is 2. The summed E-state index contributed by atoms with van der Waals surface area (Å²) in [4.78, 5) is 4.14. The predicted octanol–water partition coefficient (Wildman–Crippen LogP) is 0.749. The van der Waals surface area contributed by atoms with E-state index in [1.807, 2.05) is 32.2 Å². The van der Waals surface area contributed by atoms with Crippen LogP contribution >= 0.6 is 0 Å². The highest BCUT2D eigenvalue weighted by atomic mass is 16.5. The van der Waals surface area contributed by atoms with E-state index >= 15 is 0 Å². The minimum atomic E-state index is -0.941. The molecule has 0 saturated carbocycles. The first-order valence-electron chi connectivity index (χ1n) is 6.47. The Morgan fingerprint density at radius 2 is 2.05 bits per heavy atom. The fourth-order valence-electron chi connectivity index (χ4n) is 1.63. The Labute approximate surface area is 119 Å². The Bertz CT molecular complexity index is 665. The Kier molecular flexibility index (Phi) is 3.59. The number of fused-ring (bicyclic) bond motifs is 1. The summed E-state index contributed by atoms with van der Waals surface area (Å²) >= 11 is 0. The SMILES string of the molecule is CC(C)(O)C(C)(C)OBc1ccc2ncc(C#N)n2c1. The first-order chi connectivity index (χ1) is 9.24. The second kappa shape index (κ2) is 4.93. The quantitative estimate of drug-likeness (QED) is 0.833. The number of nitrogens with zero attached hydrogens (tertiary/aromatic N) is 3. The molecule has 0 fully saturated rings. The van der Waals surface area contributed by atoms with Crippen LogP contribution in [-0.2, 0) is 4.65 Å². The third-order valence-electron chi connectivity index (χ3n) is 3.75. The zero-order valence-corrected chi connectivity index (χ0v) is 12.2. The van der Waals surface area contributed by atoms with Crippen molar-refractivity contribution in [2.75, 3.05) is 0 Å². The van der Waals surface area contributed by atoms with Gasteiger partial charge in [0.15, 0.2) is 0 Å². The van der Waals surface area contributed by atoms with Crippen LogP contribution < -0.4 is 5.46 Å². The first kappa shape index (κ1) is 14.6. The van der Waals surface area contributed by atoms with Crippen LogP contribution in [0, 0.1) is 11.3 Å². The molecule has 0 radical (unpaired) electrons. The maximum Gasteiger partial charge on any atom is 0.310 e. The van der Waals surface area contributed by atoms with Gasteiger partial charge in [-0.3, -0.25) is 4.40 Å². The highest BCUT2D eigenvalue weighted by molar-refractivity contribution is 6.46. The van der Waals surface area contributed by atoms with Gasteiger partial charge in [-0.05, 0) is 39.2 Å². The second-order valence-electron chi connectivity index (χ2n) is 5.88. The Balaban J connectivity index is 2.21. The van der Waals surface area contributed by atoms with Crippen molar-refractivity contribution in [1.29, 1.82) is 5.26 Å². The van der Waals surface area contributed by atoms with Gasteiger partial charge in [0.25, 0.3) is 0 Å². The highest BCUT2D eigenvalue weighted by Gasteiger charge is 2.35. The van der Waals surface area contributed by atoms with E-state index in [1.54, 1.807) is 24.4 Å². The Hall–Kier alpha value is -1.84. The number of hydrogen-bond donors (Lipinski definition) is 1. The Morgan fingerprint density at radius 3 is 2.65 bits per heavy atom. The summed E-state index contributed by atoms with van der Waals surface area (Å²) in [7, 11) is 0.357. The van der Waals surface area contributed by atoms with Crippen molar-refractivity contribution < 1.29 is 9.76 Å². The predicted molar refractivity (Wildman–Crippen MR) is 78.2 cm³/mol. The molecular formula is C14H18BN3O2. The average molecular weight is 271 g/mol. The zero-order valence-electron chi connectivity index (χ0n) is 12.2. The smallest absolute Gasteiger partial charge is 0.310 e. The molecule has 0 amide bonds. The lowest BCUT2D eigenvalue weighted by Gasteiger charge is -2.37. The maximum absolute atomic E-state index is 10.1. The van der Waals surface area contributed by atoms with Crippen LogP contribution in [0.4, 0.5) is 0 Å². The van der Waals surface area contributed by atoms with Crippen molar-refractivity contribution in [3.05, 3.63) is 30.2 Å². The number of nitriles is 1. The van der Waals surface area contributed by atoms with Crippen molar-refractivity contribution in [3.8, 4) is 6.07 Å². The number of imidazole rings is 1. The summed E-state index contributed by atoms with van der Waals surface area (Å²) < 4.78 is 7.54. The van der Waals surface area contributed by atoms with Crippen molar-refractivity contribution in [3.63, 3.8) is 0 Å². The monoisotopic (exact) mass is 271 g/mol. The normalized spacial score (nSPS) is 12.4. The molecule has 0 saturated heterocycles. The van der Waals surface area contributed by atoms with Crippen LogP contribution in [0.15, 0.2) is 24.5 Å². The molecule has 1 N–H and O–H groups in total. The molecule has 0 aliphatic heterocycles. The van der Waals surface area contributed by atoms with Crippen molar-refractivity contribution >= 4 is 18.6 Å².